The summed E-state index contributed by atoms with van der Waals surface area (Å²) in [7, 11) is 1.57. The lowest BCUT2D eigenvalue weighted by Gasteiger charge is -2.10. The molecule has 1 heterocycles. The molecule has 166 valence electrons. The second-order valence-corrected chi connectivity index (χ2v) is 7.19. The Balaban J connectivity index is 1.57. The second kappa shape index (κ2) is 9.23. The molecular weight excluding hydrogens is 424 g/mol. The van der Waals surface area contributed by atoms with E-state index in [2.05, 4.69) is 15.5 Å². The number of aryl methyl sites for hydroxylation is 1. The quantitative estimate of drug-likeness (QED) is 0.293. The van der Waals surface area contributed by atoms with Crippen LogP contribution >= 0.6 is 0 Å². The van der Waals surface area contributed by atoms with Crippen LogP contribution in [0.25, 0.3) is 11.3 Å². The summed E-state index contributed by atoms with van der Waals surface area (Å²) in [6.45, 7) is 1.87. The molecule has 0 radical (unpaired) electrons. The lowest BCUT2D eigenvalue weighted by atomic mass is 10.1. The predicted molar refractivity (Wildman–Crippen MR) is 123 cm³/mol. The molecule has 0 atom stereocenters. The number of para-hydroxylation sites is 1. The number of hydrogen-bond acceptors (Lipinski definition) is 6. The molecule has 33 heavy (non-hydrogen) atoms. The summed E-state index contributed by atoms with van der Waals surface area (Å²) < 4.78 is 11.0. The number of carbonyl (C=O) groups is 1. The van der Waals surface area contributed by atoms with Gasteiger partial charge in [-0.05, 0) is 36.8 Å². The number of hydrogen-bond donors (Lipinski definition) is 2. The number of aromatic nitrogens is 2. The van der Waals surface area contributed by atoms with Gasteiger partial charge in [0.05, 0.1) is 29.5 Å². The van der Waals surface area contributed by atoms with Crippen LogP contribution in [-0.4, -0.2) is 28.1 Å². The Kier molecular flexibility index (Phi) is 6.03. The maximum Gasteiger partial charge on any atom is 0.275 e. The van der Waals surface area contributed by atoms with E-state index in [1.165, 1.54) is 18.2 Å². The maximum atomic E-state index is 12.8. The summed E-state index contributed by atoms with van der Waals surface area (Å²) in [6.07, 6.45) is 0. The monoisotopic (exact) mass is 444 g/mol. The fraction of sp³-hybridized carbons (Fsp3) is 0.0833. The van der Waals surface area contributed by atoms with E-state index in [4.69, 9.17) is 9.47 Å². The Hall–Kier alpha value is -4.66. The van der Waals surface area contributed by atoms with E-state index >= 15 is 0 Å². The number of nitro groups is 1. The highest BCUT2D eigenvalue weighted by atomic mass is 16.6. The first-order chi connectivity index (χ1) is 15.9. The molecule has 0 aliphatic rings. The van der Waals surface area contributed by atoms with E-state index in [9.17, 15) is 14.9 Å². The number of rotatable bonds is 7. The van der Waals surface area contributed by atoms with E-state index in [0.717, 1.165) is 11.1 Å². The van der Waals surface area contributed by atoms with Crippen LogP contribution in [0.2, 0.25) is 0 Å². The Morgan fingerprint density at radius 3 is 2.61 bits per heavy atom. The van der Waals surface area contributed by atoms with Crippen molar-refractivity contribution in [2.75, 3.05) is 12.4 Å². The van der Waals surface area contributed by atoms with Crippen molar-refractivity contribution in [3.05, 3.63) is 94.2 Å². The fourth-order valence-electron chi connectivity index (χ4n) is 3.18. The molecule has 0 saturated heterocycles. The van der Waals surface area contributed by atoms with Gasteiger partial charge in [0.15, 0.2) is 0 Å². The zero-order valence-corrected chi connectivity index (χ0v) is 17.9. The molecule has 0 aliphatic carbocycles. The van der Waals surface area contributed by atoms with Crippen LogP contribution in [0.3, 0.4) is 0 Å². The maximum absolute atomic E-state index is 12.8. The number of nitrogens with one attached hydrogen (secondary N) is 2. The minimum atomic E-state index is -0.544. The Morgan fingerprint density at radius 2 is 1.85 bits per heavy atom. The third-order valence-corrected chi connectivity index (χ3v) is 4.87. The molecule has 3 aromatic carbocycles. The molecule has 0 bridgehead atoms. The van der Waals surface area contributed by atoms with Crippen LogP contribution in [0.5, 0.6) is 17.2 Å². The molecule has 0 aliphatic heterocycles. The highest BCUT2D eigenvalue weighted by Crippen LogP contribution is 2.31. The van der Waals surface area contributed by atoms with Crippen LogP contribution in [-0.2, 0) is 0 Å². The second-order valence-electron chi connectivity index (χ2n) is 7.19. The Labute approximate surface area is 189 Å². The number of H-pyrrole nitrogens is 1. The Morgan fingerprint density at radius 1 is 1.03 bits per heavy atom. The number of ether oxygens (including phenoxy) is 2. The summed E-state index contributed by atoms with van der Waals surface area (Å²) in [5.74, 6) is 0.959. The lowest BCUT2D eigenvalue weighted by Crippen LogP contribution is -2.12. The number of amides is 1. The summed E-state index contributed by atoms with van der Waals surface area (Å²) in [5, 5.41) is 20.9. The van der Waals surface area contributed by atoms with Crippen LogP contribution in [0.1, 0.15) is 16.1 Å². The molecule has 4 rings (SSSR count). The van der Waals surface area contributed by atoms with Gasteiger partial charge in [-0.1, -0.05) is 30.3 Å². The number of aromatic amines is 1. The number of nitrogens with zero attached hydrogens (tertiary/aromatic N) is 2. The number of anilines is 1. The van der Waals surface area contributed by atoms with Crippen molar-refractivity contribution in [1.29, 1.82) is 0 Å². The van der Waals surface area contributed by atoms with Crippen molar-refractivity contribution in [2.45, 2.75) is 6.92 Å². The number of methoxy groups -OCH3 is 1. The average molecular weight is 444 g/mol. The van der Waals surface area contributed by atoms with Crippen LogP contribution in [0.15, 0.2) is 72.8 Å². The van der Waals surface area contributed by atoms with Crippen LogP contribution < -0.4 is 14.8 Å². The molecule has 0 unspecified atom stereocenters. The van der Waals surface area contributed by atoms with Gasteiger partial charge < -0.3 is 14.8 Å². The molecular formula is C24H20N4O5. The van der Waals surface area contributed by atoms with Gasteiger partial charge in [0.2, 0.25) is 0 Å². The van der Waals surface area contributed by atoms with E-state index < -0.39 is 10.8 Å². The SMILES string of the molecule is COc1cccc(-c2cc(C(=O)Nc3cc(Oc4ccccc4C)cc([N+](=O)[O-])c3)[nH]n2)c1. The van der Waals surface area contributed by atoms with Gasteiger partial charge in [-0.15, -0.1) is 0 Å². The minimum absolute atomic E-state index is 0.195. The van der Waals surface area contributed by atoms with Gasteiger partial charge in [0, 0.05) is 17.7 Å². The van der Waals surface area contributed by atoms with Crippen molar-refractivity contribution in [2.24, 2.45) is 0 Å². The van der Waals surface area contributed by atoms with Gasteiger partial charge in [-0.25, -0.2) is 0 Å². The normalized spacial score (nSPS) is 10.5. The van der Waals surface area contributed by atoms with E-state index in [1.807, 2.05) is 37.3 Å². The highest BCUT2D eigenvalue weighted by Gasteiger charge is 2.16. The van der Waals surface area contributed by atoms with Crippen molar-refractivity contribution in [1.82, 2.24) is 10.2 Å². The van der Waals surface area contributed by atoms with E-state index in [1.54, 1.807) is 31.4 Å². The Bertz CT molecular complexity index is 1330. The molecule has 2 N–H and O–H groups in total. The molecule has 1 aromatic heterocycles. The molecule has 0 saturated carbocycles. The van der Waals surface area contributed by atoms with Crippen LogP contribution in [0, 0.1) is 17.0 Å². The molecule has 0 fully saturated rings. The minimum Gasteiger partial charge on any atom is -0.497 e. The van der Waals surface area contributed by atoms with Crippen LogP contribution in [0.4, 0.5) is 11.4 Å². The first-order valence-corrected chi connectivity index (χ1v) is 9.97. The number of nitro benzene ring substituents is 1. The van der Waals surface area contributed by atoms with E-state index in [0.29, 0.717) is 17.2 Å². The zero-order chi connectivity index (χ0) is 23.4. The van der Waals surface area contributed by atoms with Crippen molar-refractivity contribution >= 4 is 17.3 Å². The van der Waals surface area contributed by atoms with Gasteiger partial charge in [0.25, 0.3) is 11.6 Å². The summed E-state index contributed by atoms with van der Waals surface area (Å²) in [6, 6.07) is 20.3. The fourth-order valence-corrected chi connectivity index (χ4v) is 3.18. The third-order valence-electron chi connectivity index (χ3n) is 4.87. The van der Waals surface area contributed by atoms with Gasteiger partial charge in [-0.2, -0.15) is 5.10 Å². The molecule has 1 amide bonds. The molecule has 9 heteroatoms. The highest BCUT2D eigenvalue weighted by molar-refractivity contribution is 6.03. The summed E-state index contributed by atoms with van der Waals surface area (Å²) in [5.41, 5.74) is 2.40. The van der Waals surface area contributed by atoms with Crippen molar-refractivity contribution < 1.29 is 19.2 Å². The number of non-ortho nitro benzene ring substituents is 1. The average Bonchev–Trinajstić information content (AvgIpc) is 3.31. The third kappa shape index (κ3) is 4.99. The molecule has 0 spiro atoms. The lowest BCUT2D eigenvalue weighted by molar-refractivity contribution is -0.384. The number of carbonyl (C=O) groups excluding carboxylic acids is 1. The molecule has 4 aromatic rings. The van der Waals surface area contributed by atoms with Gasteiger partial charge >= 0.3 is 0 Å². The largest absolute Gasteiger partial charge is 0.497 e. The first-order valence-electron chi connectivity index (χ1n) is 9.97. The summed E-state index contributed by atoms with van der Waals surface area (Å²) in [4.78, 5) is 23.6. The van der Waals surface area contributed by atoms with Gasteiger partial charge in [0.1, 0.15) is 22.9 Å². The van der Waals surface area contributed by atoms with Crippen molar-refractivity contribution in [3.63, 3.8) is 0 Å². The van der Waals surface area contributed by atoms with Gasteiger partial charge in [-0.3, -0.25) is 20.0 Å². The first kappa shape index (κ1) is 21.6. The molecule has 9 nitrogen and oxygen atoms in total. The topological polar surface area (TPSA) is 119 Å². The summed E-state index contributed by atoms with van der Waals surface area (Å²) >= 11 is 0. The van der Waals surface area contributed by atoms with Crippen molar-refractivity contribution in [3.8, 4) is 28.5 Å². The smallest absolute Gasteiger partial charge is 0.275 e. The van der Waals surface area contributed by atoms with E-state index in [-0.39, 0.29) is 22.8 Å². The number of benzene rings is 3. The predicted octanol–water partition coefficient (Wildman–Crippen LogP) is 5.35. The zero-order valence-electron chi connectivity index (χ0n) is 17.9. The standard InChI is InChI=1S/C24H20N4O5/c1-15-6-3-4-9-23(15)33-20-12-17(11-18(13-20)28(30)31)25-24(29)22-14-21(26-27-22)16-7-5-8-19(10-16)32-2/h3-14H,1-2H3,(H,25,29)(H,26,27).